The summed E-state index contributed by atoms with van der Waals surface area (Å²) in [5.41, 5.74) is 5.47. The van der Waals surface area contributed by atoms with Crippen molar-refractivity contribution in [1.29, 1.82) is 0 Å². The fourth-order valence-electron chi connectivity index (χ4n) is 1.39. The zero-order chi connectivity index (χ0) is 14.6. The van der Waals surface area contributed by atoms with Gasteiger partial charge in [-0.2, -0.15) is 0 Å². The van der Waals surface area contributed by atoms with E-state index in [0.29, 0.717) is 11.4 Å². The number of methoxy groups -OCH3 is 1. The summed E-state index contributed by atoms with van der Waals surface area (Å²) in [5.74, 6) is -0.238. The lowest BCUT2D eigenvalue weighted by Crippen LogP contribution is -2.41. The van der Waals surface area contributed by atoms with Crippen molar-refractivity contribution < 1.29 is 19.4 Å². The first-order valence-corrected chi connectivity index (χ1v) is 5.91. The van der Waals surface area contributed by atoms with Gasteiger partial charge in [0, 0.05) is 17.8 Å². The van der Waals surface area contributed by atoms with Gasteiger partial charge in [-0.25, -0.2) is 4.98 Å². The minimum Gasteiger partial charge on any atom is -0.481 e. The van der Waals surface area contributed by atoms with Gasteiger partial charge in [0.15, 0.2) is 0 Å². The van der Waals surface area contributed by atoms with Gasteiger partial charge in [-0.1, -0.05) is 0 Å². The van der Waals surface area contributed by atoms with E-state index in [4.69, 9.17) is 15.2 Å². The molecule has 0 radical (unpaired) electrons. The van der Waals surface area contributed by atoms with Gasteiger partial charge >= 0.3 is 5.97 Å². The molecule has 6 nitrogen and oxygen atoms in total. The van der Waals surface area contributed by atoms with E-state index in [-0.39, 0.29) is 0 Å². The molecule has 106 valence electrons. The lowest BCUT2D eigenvalue weighted by atomic mass is 10.0. The number of nitrogens with two attached hydrogens (primary N) is 1. The Morgan fingerprint density at radius 3 is 2.47 bits per heavy atom. The second-order valence-electron chi connectivity index (χ2n) is 5.14. The summed E-state index contributed by atoms with van der Waals surface area (Å²) in [6.45, 7) is 5.21. The van der Waals surface area contributed by atoms with Crippen molar-refractivity contribution in [3.8, 4) is 5.88 Å². The Hall–Kier alpha value is -1.66. The first-order chi connectivity index (χ1) is 8.74. The summed E-state index contributed by atoms with van der Waals surface area (Å²) in [5, 5.41) is 10.0. The van der Waals surface area contributed by atoms with Crippen LogP contribution in [0, 0.1) is 0 Å². The lowest BCUT2D eigenvalue weighted by Gasteiger charge is -2.24. The van der Waals surface area contributed by atoms with Crippen LogP contribution in [0.5, 0.6) is 5.88 Å². The van der Waals surface area contributed by atoms with Gasteiger partial charge < -0.3 is 20.3 Å². The molecule has 0 aliphatic heterocycles. The highest BCUT2D eigenvalue weighted by atomic mass is 16.6. The number of nitrogens with zero attached hydrogens (tertiary/aromatic N) is 1. The number of pyridine rings is 1. The van der Waals surface area contributed by atoms with E-state index < -0.39 is 23.7 Å². The fourth-order valence-corrected chi connectivity index (χ4v) is 1.39. The van der Waals surface area contributed by atoms with Crippen molar-refractivity contribution >= 4 is 5.97 Å². The van der Waals surface area contributed by atoms with E-state index in [2.05, 4.69) is 4.98 Å². The molecule has 1 aromatic heterocycles. The van der Waals surface area contributed by atoms with Crippen molar-refractivity contribution in [2.24, 2.45) is 5.73 Å². The van der Waals surface area contributed by atoms with Gasteiger partial charge in [0.05, 0.1) is 7.11 Å². The number of aromatic nitrogens is 1. The predicted octanol–water partition coefficient (Wildman–Crippen LogP) is 0.793. The monoisotopic (exact) mass is 268 g/mol. The third-order valence-corrected chi connectivity index (χ3v) is 2.33. The maximum atomic E-state index is 11.7. The topological polar surface area (TPSA) is 94.7 Å². The van der Waals surface area contributed by atoms with Crippen LogP contribution in [0.1, 0.15) is 32.4 Å². The summed E-state index contributed by atoms with van der Waals surface area (Å²) in [6.07, 6.45) is 0.238. The first-order valence-electron chi connectivity index (χ1n) is 5.91. The second kappa shape index (κ2) is 5.99. The SMILES string of the molecule is COc1ccc([C@@H](O)[C@@H](N)C(=O)OC(C)(C)C)cn1. The van der Waals surface area contributed by atoms with Gasteiger partial charge in [-0.3, -0.25) is 4.79 Å². The summed E-state index contributed by atoms with van der Waals surface area (Å²) in [7, 11) is 1.49. The number of ether oxygens (including phenoxy) is 2. The van der Waals surface area contributed by atoms with Gasteiger partial charge in [-0.05, 0) is 26.8 Å². The Kier molecular flexibility index (Phi) is 4.85. The molecule has 0 saturated heterocycles. The zero-order valence-corrected chi connectivity index (χ0v) is 11.6. The van der Waals surface area contributed by atoms with E-state index in [0.717, 1.165) is 0 Å². The molecule has 1 aromatic rings. The Bertz CT molecular complexity index is 425. The number of aliphatic hydroxyl groups excluding tert-OH is 1. The molecule has 0 bridgehead atoms. The standard InChI is InChI=1S/C13H20N2O4/c1-13(2,3)19-12(17)10(14)11(16)8-5-6-9(18-4)15-7-8/h5-7,10-11,16H,14H2,1-4H3/t10-,11-/m1/s1. The van der Waals surface area contributed by atoms with Crippen LogP contribution in [0.2, 0.25) is 0 Å². The Morgan fingerprint density at radius 2 is 2.05 bits per heavy atom. The second-order valence-corrected chi connectivity index (χ2v) is 5.14. The Morgan fingerprint density at radius 1 is 1.42 bits per heavy atom. The average molecular weight is 268 g/mol. The third-order valence-electron chi connectivity index (χ3n) is 2.33. The van der Waals surface area contributed by atoms with Gasteiger partial charge in [0.1, 0.15) is 17.7 Å². The number of hydrogen-bond acceptors (Lipinski definition) is 6. The molecule has 2 atom stereocenters. The molecule has 1 heterocycles. The number of hydrogen-bond donors (Lipinski definition) is 2. The average Bonchev–Trinajstić information content (AvgIpc) is 2.35. The van der Waals surface area contributed by atoms with Crippen LogP contribution in [-0.4, -0.2) is 34.8 Å². The molecule has 0 aliphatic carbocycles. The van der Waals surface area contributed by atoms with Crippen molar-refractivity contribution in [2.75, 3.05) is 7.11 Å². The molecule has 19 heavy (non-hydrogen) atoms. The van der Waals surface area contributed by atoms with E-state index >= 15 is 0 Å². The highest BCUT2D eigenvalue weighted by molar-refractivity contribution is 5.77. The number of rotatable bonds is 4. The molecule has 0 fully saturated rings. The predicted molar refractivity (Wildman–Crippen MR) is 69.6 cm³/mol. The maximum absolute atomic E-state index is 11.7. The van der Waals surface area contributed by atoms with E-state index in [1.54, 1.807) is 32.9 Å². The van der Waals surface area contributed by atoms with Crippen LogP contribution in [0.4, 0.5) is 0 Å². The van der Waals surface area contributed by atoms with Crippen LogP contribution in [0.25, 0.3) is 0 Å². The number of carbonyl (C=O) groups excluding carboxylic acids is 1. The van der Waals surface area contributed by atoms with Crippen LogP contribution in [-0.2, 0) is 9.53 Å². The Balaban J connectivity index is 2.75. The third kappa shape index (κ3) is 4.50. The van der Waals surface area contributed by atoms with Gasteiger partial charge in [0.2, 0.25) is 5.88 Å². The van der Waals surface area contributed by atoms with E-state index in [1.165, 1.54) is 13.3 Å². The molecule has 1 rings (SSSR count). The maximum Gasteiger partial charge on any atom is 0.326 e. The minimum atomic E-state index is -1.17. The van der Waals surface area contributed by atoms with Crippen LogP contribution < -0.4 is 10.5 Å². The quantitative estimate of drug-likeness (QED) is 0.784. The molecule has 0 aliphatic rings. The van der Waals surface area contributed by atoms with Crippen molar-refractivity contribution in [1.82, 2.24) is 4.98 Å². The molecule has 0 aromatic carbocycles. The normalized spacial score (nSPS) is 14.6. The zero-order valence-electron chi connectivity index (χ0n) is 11.6. The fraction of sp³-hybridized carbons (Fsp3) is 0.538. The van der Waals surface area contributed by atoms with Crippen LogP contribution in [0.15, 0.2) is 18.3 Å². The highest BCUT2D eigenvalue weighted by Gasteiger charge is 2.29. The van der Waals surface area contributed by atoms with E-state index in [9.17, 15) is 9.90 Å². The smallest absolute Gasteiger partial charge is 0.326 e. The van der Waals surface area contributed by atoms with Crippen molar-refractivity contribution in [2.45, 2.75) is 38.5 Å². The van der Waals surface area contributed by atoms with Gasteiger partial charge in [0.25, 0.3) is 0 Å². The molecule has 3 N–H and O–H groups in total. The highest BCUT2D eigenvalue weighted by Crippen LogP contribution is 2.19. The van der Waals surface area contributed by atoms with Gasteiger partial charge in [-0.15, -0.1) is 0 Å². The number of aliphatic hydroxyl groups is 1. The summed E-state index contributed by atoms with van der Waals surface area (Å²) >= 11 is 0. The Labute approximate surface area is 112 Å². The lowest BCUT2D eigenvalue weighted by molar-refractivity contribution is -0.159. The summed E-state index contributed by atoms with van der Waals surface area (Å²) in [6, 6.07) is 2.02. The van der Waals surface area contributed by atoms with E-state index in [1.807, 2.05) is 0 Å². The summed E-state index contributed by atoms with van der Waals surface area (Å²) < 4.78 is 10.0. The summed E-state index contributed by atoms with van der Waals surface area (Å²) in [4.78, 5) is 15.7. The molecule has 0 saturated carbocycles. The number of carbonyl (C=O) groups is 1. The number of esters is 1. The molecule has 0 spiro atoms. The molecule has 0 amide bonds. The molecular formula is C13H20N2O4. The largest absolute Gasteiger partial charge is 0.481 e. The van der Waals surface area contributed by atoms with Crippen molar-refractivity contribution in [3.63, 3.8) is 0 Å². The van der Waals surface area contributed by atoms with Crippen molar-refractivity contribution in [3.05, 3.63) is 23.9 Å². The van der Waals surface area contributed by atoms with Crippen LogP contribution >= 0.6 is 0 Å². The minimum absolute atomic E-state index is 0.418. The molecule has 6 heteroatoms. The first kappa shape index (κ1) is 15.4. The molecule has 0 unspecified atom stereocenters. The molecular weight excluding hydrogens is 248 g/mol. The van der Waals surface area contributed by atoms with Crippen LogP contribution in [0.3, 0.4) is 0 Å².